The van der Waals surface area contributed by atoms with Crippen LogP contribution in [0.25, 0.3) is 5.69 Å². The summed E-state index contributed by atoms with van der Waals surface area (Å²) in [5, 5.41) is 5.15. The Kier molecular flexibility index (Phi) is 4.48. The molecule has 0 amide bonds. The topological polar surface area (TPSA) is 17.8 Å². The molecular formula is C16H11Br2ClN2. The van der Waals surface area contributed by atoms with Crippen LogP contribution in [0.3, 0.4) is 0 Å². The molecule has 21 heavy (non-hydrogen) atoms. The minimum Gasteiger partial charge on any atom is -0.241 e. The van der Waals surface area contributed by atoms with E-state index in [2.05, 4.69) is 37.0 Å². The molecule has 2 nitrogen and oxygen atoms in total. The van der Waals surface area contributed by atoms with Crippen LogP contribution < -0.4 is 0 Å². The largest absolute Gasteiger partial charge is 0.241 e. The van der Waals surface area contributed by atoms with Gasteiger partial charge in [-0.15, -0.1) is 0 Å². The highest BCUT2D eigenvalue weighted by Gasteiger charge is 2.16. The number of hydrogen-bond acceptors (Lipinski definition) is 1. The van der Waals surface area contributed by atoms with Crippen molar-refractivity contribution < 1.29 is 0 Å². The van der Waals surface area contributed by atoms with Crippen LogP contribution in [0.1, 0.15) is 16.0 Å². The molecule has 0 aliphatic heterocycles. The lowest BCUT2D eigenvalue weighted by atomic mass is 10.1. The molecule has 0 aliphatic rings. The van der Waals surface area contributed by atoms with Gasteiger partial charge in [-0.1, -0.05) is 61.7 Å². The summed E-state index contributed by atoms with van der Waals surface area (Å²) in [7, 11) is 0. The van der Waals surface area contributed by atoms with Gasteiger partial charge in [0, 0.05) is 21.3 Å². The quantitative estimate of drug-likeness (QED) is 0.486. The van der Waals surface area contributed by atoms with Gasteiger partial charge >= 0.3 is 0 Å². The maximum absolute atomic E-state index is 6.29. The second-order valence-electron chi connectivity index (χ2n) is 4.58. The van der Waals surface area contributed by atoms with Crippen LogP contribution >= 0.6 is 43.5 Å². The predicted octanol–water partition coefficient (Wildman–Crippen LogP) is 5.77. The van der Waals surface area contributed by atoms with Gasteiger partial charge in [0.25, 0.3) is 0 Å². The molecule has 1 unspecified atom stereocenters. The summed E-state index contributed by atoms with van der Waals surface area (Å²) in [6.07, 6.45) is 3.86. The first-order chi connectivity index (χ1) is 10.1. The summed E-state index contributed by atoms with van der Waals surface area (Å²) in [4.78, 5) is -0.0000350. The number of para-hydroxylation sites is 1. The Hall–Kier alpha value is -1.10. The van der Waals surface area contributed by atoms with Crippen molar-refractivity contribution in [1.29, 1.82) is 0 Å². The molecule has 0 saturated heterocycles. The molecule has 0 bridgehead atoms. The van der Waals surface area contributed by atoms with Crippen LogP contribution in [0.2, 0.25) is 5.02 Å². The minimum absolute atomic E-state index is 0.0000350. The second kappa shape index (κ2) is 6.34. The lowest BCUT2D eigenvalue weighted by molar-refractivity contribution is 0.880. The molecule has 1 atom stereocenters. The van der Waals surface area contributed by atoms with Gasteiger partial charge in [0.15, 0.2) is 0 Å². The molecule has 106 valence electrons. The van der Waals surface area contributed by atoms with Gasteiger partial charge in [-0.2, -0.15) is 5.10 Å². The highest BCUT2D eigenvalue weighted by atomic mass is 79.9. The average Bonchev–Trinajstić information content (AvgIpc) is 3.00. The third kappa shape index (κ3) is 3.23. The molecule has 5 heteroatoms. The highest BCUT2D eigenvalue weighted by molar-refractivity contribution is 9.10. The van der Waals surface area contributed by atoms with Crippen LogP contribution in [-0.4, -0.2) is 9.78 Å². The molecule has 2 aromatic carbocycles. The van der Waals surface area contributed by atoms with Crippen LogP contribution in [0, 0.1) is 0 Å². The number of benzene rings is 2. The fourth-order valence-electron chi connectivity index (χ4n) is 2.08. The molecule has 3 rings (SSSR count). The van der Waals surface area contributed by atoms with Crippen molar-refractivity contribution in [2.75, 3.05) is 0 Å². The SMILES string of the molecule is Clc1ccc(Br)cc1C(Br)c1cnn(-c2ccccc2)c1. The van der Waals surface area contributed by atoms with E-state index in [4.69, 9.17) is 11.6 Å². The second-order valence-corrected chi connectivity index (χ2v) is 6.82. The van der Waals surface area contributed by atoms with Crippen LogP contribution in [0.15, 0.2) is 65.4 Å². The number of alkyl halides is 1. The fraction of sp³-hybridized carbons (Fsp3) is 0.0625. The fourth-order valence-corrected chi connectivity index (χ4v) is 3.43. The summed E-state index contributed by atoms with van der Waals surface area (Å²) < 4.78 is 2.86. The lowest BCUT2D eigenvalue weighted by Crippen LogP contribution is -1.94. The Bertz CT molecular complexity index is 756. The molecular weight excluding hydrogens is 415 g/mol. The Morgan fingerprint density at radius 1 is 1.10 bits per heavy atom. The summed E-state index contributed by atoms with van der Waals surface area (Å²) in [6.45, 7) is 0. The number of nitrogens with zero attached hydrogens (tertiary/aromatic N) is 2. The first-order valence-corrected chi connectivity index (χ1v) is 8.43. The first-order valence-electron chi connectivity index (χ1n) is 6.34. The van der Waals surface area contributed by atoms with Crippen LogP contribution in [0.4, 0.5) is 0 Å². The van der Waals surface area contributed by atoms with Gasteiger partial charge in [-0.25, -0.2) is 4.68 Å². The third-order valence-corrected chi connectivity index (χ3v) is 5.01. The Morgan fingerprint density at radius 2 is 1.86 bits per heavy atom. The van der Waals surface area contributed by atoms with Crippen molar-refractivity contribution in [3.8, 4) is 5.69 Å². The van der Waals surface area contributed by atoms with Gasteiger partial charge < -0.3 is 0 Å². The monoisotopic (exact) mass is 424 g/mol. The predicted molar refractivity (Wildman–Crippen MR) is 93.5 cm³/mol. The molecule has 0 saturated carbocycles. The van der Waals surface area contributed by atoms with E-state index >= 15 is 0 Å². The van der Waals surface area contributed by atoms with Gasteiger partial charge in [0.05, 0.1) is 16.7 Å². The summed E-state index contributed by atoms with van der Waals surface area (Å²) in [5.74, 6) is 0. The van der Waals surface area contributed by atoms with Gasteiger partial charge in [0.2, 0.25) is 0 Å². The zero-order chi connectivity index (χ0) is 14.8. The van der Waals surface area contributed by atoms with E-state index in [1.54, 1.807) is 0 Å². The maximum Gasteiger partial charge on any atom is 0.0690 e. The zero-order valence-electron chi connectivity index (χ0n) is 10.9. The molecule has 1 heterocycles. The van der Waals surface area contributed by atoms with E-state index in [0.717, 1.165) is 26.3 Å². The van der Waals surface area contributed by atoms with Crippen LogP contribution in [-0.2, 0) is 0 Å². The zero-order valence-corrected chi connectivity index (χ0v) is 14.8. The Morgan fingerprint density at radius 3 is 2.62 bits per heavy atom. The van der Waals surface area contributed by atoms with Crippen molar-refractivity contribution in [2.24, 2.45) is 0 Å². The van der Waals surface area contributed by atoms with Gasteiger partial charge in [0.1, 0.15) is 0 Å². The lowest BCUT2D eigenvalue weighted by Gasteiger charge is -2.10. The highest BCUT2D eigenvalue weighted by Crippen LogP contribution is 2.36. The number of aromatic nitrogens is 2. The van der Waals surface area contributed by atoms with E-state index in [0.29, 0.717) is 0 Å². The maximum atomic E-state index is 6.29. The van der Waals surface area contributed by atoms with Crippen molar-refractivity contribution >= 4 is 43.5 Å². The van der Waals surface area contributed by atoms with E-state index < -0.39 is 0 Å². The molecule has 0 N–H and O–H groups in total. The van der Waals surface area contributed by atoms with E-state index in [1.807, 2.05) is 65.6 Å². The van der Waals surface area contributed by atoms with Crippen molar-refractivity contribution in [3.05, 3.63) is 81.5 Å². The van der Waals surface area contributed by atoms with E-state index in [-0.39, 0.29) is 4.83 Å². The van der Waals surface area contributed by atoms with Crippen molar-refractivity contribution in [2.45, 2.75) is 4.83 Å². The Labute approximate surface area is 145 Å². The first kappa shape index (κ1) is 14.8. The van der Waals surface area contributed by atoms with Gasteiger partial charge in [-0.05, 0) is 35.9 Å². The number of halogens is 3. The average molecular weight is 427 g/mol. The van der Waals surface area contributed by atoms with Crippen molar-refractivity contribution in [3.63, 3.8) is 0 Å². The molecule has 0 aliphatic carbocycles. The molecule has 0 fully saturated rings. The minimum atomic E-state index is -0.0000350. The third-order valence-electron chi connectivity index (χ3n) is 3.15. The molecule has 3 aromatic rings. The standard InChI is InChI=1S/C16H11Br2ClN2/c17-12-6-7-15(19)14(8-12)16(18)11-9-20-21(10-11)13-4-2-1-3-5-13/h1-10,16H. The summed E-state index contributed by atoms with van der Waals surface area (Å²) in [6, 6.07) is 15.8. The summed E-state index contributed by atoms with van der Waals surface area (Å²) in [5.41, 5.74) is 3.10. The number of rotatable bonds is 3. The molecule has 0 radical (unpaired) electrons. The van der Waals surface area contributed by atoms with E-state index in [9.17, 15) is 0 Å². The van der Waals surface area contributed by atoms with Crippen molar-refractivity contribution in [1.82, 2.24) is 9.78 Å². The molecule has 0 spiro atoms. The molecule has 1 aromatic heterocycles. The number of hydrogen-bond donors (Lipinski definition) is 0. The Balaban J connectivity index is 1.94. The smallest absolute Gasteiger partial charge is 0.0690 e. The van der Waals surface area contributed by atoms with Gasteiger partial charge in [-0.3, -0.25) is 0 Å². The van der Waals surface area contributed by atoms with E-state index in [1.165, 1.54) is 0 Å². The normalized spacial score (nSPS) is 12.3. The summed E-state index contributed by atoms with van der Waals surface area (Å²) >= 11 is 13.5. The van der Waals surface area contributed by atoms with Crippen LogP contribution in [0.5, 0.6) is 0 Å².